The van der Waals surface area contributed by atoms with Crippen molar-refractivity contribution >= 4 is 45.9 Å². The van der Waals surface area contributed by atoms with Crippen LogP contribution in [-0.4, -0.2) is 49.2 Å². The Hall–Kier alpha value is -3.24. The molecule has 0 spiro atoms. The summed E-state index contributed by atoms with van der Waals surface area (Å²) in [5.74, 6) is 0.291. The molecule has 2 aromatic carbocycles. The minimum Gasteiger partial charge on any atom is -0.395 e. The van der Waals surface area contributed by atoms with Crippen LogP contribution in [0.2, 0.25) is 10.0 Å². The number of hydrogen-bond acceptors (Lipinski definition) is 7. The first-order valence-corrected chi connectivity index (χ1v) is 11.4. The molecule has 0 bridgehead atoms. The Morgan fingerprint density at radius 1 is 1.18 bits per heavy atom. The topological polar surface area (TPSA) is 123 Å². The molecule has 2 aromatic heterocycles. The van der Waals surface area contributed by atoms with Crippen LogP contribution < -0.4 is 16.5 Å². The average Bonchev–Trinajstić information content (AvgIpc) is 2.81. The Bertz CT molecular complexity index is 1500. The summed E-state index contributed by atoms with van der Waals surface area (Å²) in [4.78, 5) is 26.5. The van der Waals surface area contributed by atoms with E-state index in [0.29, 0.717) is 17.9 Å². The van der Waals surface area contributed by atoms with Crippen LogP contribution in [0, 0.1) is 5.41 Å². The molecule has 174 valence electrons. The first kappa shape index (κ1) is 22.5. The number of aromatic nitrogens is 4. The summed E-state index contributed by atoms with van der Waals surface area (Å²) in [6.45, 7) is 2.48. The van der Waals surface area contributed by atoms with E-state index in [4.69, 9.17) is 28.6 Å². The molecular formula is C23H21Cl2N7O2. The molecular weight excluding hydrogens is 477 g/mol. The molecule has 0 saturated heterocycles. The zero-order valence-electron chi connectivity index (χ0n) is 18.0. The predicted molar refractivity (Wildman–Crippen MR) is 131 cm³/mol. The second kappa shape index (κ2) is 9.19. The van der Waals surface area contributed by atoms with Crippen molar-refractivity contribution in [3.8, 4) is 5.69 Å². The number of benzene rings is 2. The second-order valence-corrected chi connectivity index (χ2v) is 8.81. The molecule has 34 heavy (non-hydrogen) atoms. The number of anilines is 2. The Morgan fingerprint density at radius 3 is 2.74 bits per heavy atom. The summed E-state index contributed by atoms with van der Waals surface area (Å²) in [5.41, 5.74) is 3.01. The van der Waals surface area contributed by atoms with Crippen molar-refractivity contribution in [3.63, 3.8) is 0 Å². The van der Waals surface area contributed by atoms with Gasteiger partial charge in [0.15, 0.2) is 5.65 Å². The third-order valence-electron chi connectivity index (χ3n) is 5.83. The number of aliphatic hydroxyl groups is 1. The zero-order valence-corrected chi connectivity index (χ0v) is 19.5. The molecule has 0 saturated carbocycles. The highest BCUT2D eigenvalue weighted by atomic mass is 35.5. The van der Waals surface area contributed by atoms with E-state index in [1.54, 1.807) is 18.2 Å². The summed E-state index contributed by atoms with van der Waals surface area (Å²) in [5, 5.41) is 21.8. The van der Waals surface area contributed by atoms with Gasteiger partial charge < -0.3 is 10.4 Å². The maximum Gasteiger partial charge on any atom is 0.333 e. The molecule has 4 N–H and O–H groups in total. The minimum absolute atomic E-state index is 0.127. The van der Waals surface area contributed by atoms with Gasteiger partial charge in [0, 0.05) is 31.5 Å². The third kappa shape index (κ3) is 4.19. The second-order valence-electron chi connectivity index (χ2n) is 8.00. The Morgan fingerprint density at radius 2 is 1.97 bits per heavy atom. The zero-order chi connectivity index (χ0) is 23.8. The smallest absolute Gasteiger partial charge is 0.333 e. The number of H-pyrrole nitrogens is 1. The number of halogens is 2. The molecule has 11 heteroatoms. The Kier molecular flexibility index (Phi) is 6.09. The minimum atomic E-state index is -0.588. The number of aliphatic hydroxyl groups excluding tert-OH is 1. The quantitative estimate of drug-likeness (QED) is 0.336. The predicted octanol–water partition coefficient (Wildman–Crippen LogP) is 2.99. The van der Waals surface area contributed by atoms with Gasteiger partial charge in [-0.05, 0) is 41.8 Å². The number of β-amino-alcohol motifs (C(OH)–C–C–N with tert-alkyl or cyclic N) is 1. The van der Waals surface area contributed by atoms with E-state index in [2.05, 4.69) is 31.2 Å². The van der Waals surface area contributed by atoms with Gasteiger partial charge in [0.05, 0.1) is 27.7 Å². The van der Waals surface area contributed by atoms with E-state index in [1.807, 2.05) is 12.1 Å². The maximum absolute atomic E-state index is 12.8. The van der Waals surface area contributed by atoms with Crippen molar-refractivity contribution in [1.82, 2.24) is 24.4 Å². The molecule has 1 aliphatic rings. The van der Waals surface area contributed by atoms with E-state index < -0.39 is 5.69 Å². The molecule has 4 aromatic rings. The summed E-state index contributed by atoms with van der Waals surface area (Å²) >= 11 is 12.5. The number of fused-ring (bicyclic) bond motifs is 2. The molecule has 0 aliphatic carbocycles. The summed E-state index contributed by atoms with van der Waals surface area (Å²) < 4.78 is 1.10. The van der Waals surface area contributed by atoms with Crippen LogP contribution in [0.15, 0.2) is 47.4 Å². The number of aromatic amines is 1. The molecule has 3 heterocycles. The standard InChI is InChI=1S/C23H21Cl2N7O2/c24-17-2-1-3-18(25)19(17)32-20(26)16-11-27-22(29-21(16)30-23(32)34)28-15-5-4-13-6-7-31(8-9-33)12-14(13)10-15/h1-5,10-11,26,33H,6-9,12H2,(H2,27,28,29,30,34). The highest BCUT2D eigenvalue weighted by Gasteiger charge is 2.17. The first-order valence-electron chi connectivity index (χ1n) is 10.7. The summed E-state index contributed by atoms with van der Waals surface area (Å²) in [6, 6.07) is 11.0. The van der Waals surface area contributed by atoms with Gasteiger partial charge in [-0.3, -0.25) is 15.3 Å². The van der Waals surface area contributed by atoms with E-state index in [0.717, 1.165) is 29.8 Å². The number of rotatable bonds is 5. The van der Waals surface area contributed by atoms with Crippen molar-refractivity contribution in [2.75, 3.05) is 25.0 Å². The van der Waals surface area contributed by atoms with Gasteiger partial charge >= 0.3 is 5.69 Å². The normalized spacial score (nSPS) is 13.7. The van der Waals surface area contributed by atoms with E-state index >= 15 is 0 Å². The van der Waals surface area contributed by atoms with Gasteiger partial charge in [-0.2, -0.15) is 4.98 Å². The molecule has 1 aliphatic heterocycles. The SMILES string of the molecule is N=c1c2cnc(Nc3ccc4c(c3)CN(CCO)CC4)nc2[nH]c(=O)n1-c1c(Cl)cccc1Cl. The van der Waals surface area contributed by atoms with Gasteiger partial charge in [-0.15, -0.1) is 0 Å². The lowest BCUT2D eigenvalue weighted by Crippen LogP contribution is -2.34. The number of para-hydroxylation sites is 1. The van der Waals surface area contributed by atoms with Crippen molar-refractivity contribution < 1.29 is 5.11 Å². The lowest BCUT2D eigenvalue weighted by atomic mass is 9.99. The van der Waals surface area contributed by atoms with E-state index in [1.165, 1.54) is 17.3 Å². The molecule has 0 amide bonds. The van der Waals surface area contributed by atoms with Gasteiger partial charge in [0.2, 0.25) is 5.95 Å². The fraction of sp³-hybridized carbons (Fsp3) is 0.217. The van der Waals surface area contributed by atoms with Crippen molar-refractivity contribution in [2.24, 2.45) is 0 Å². The van der Waals surface area contributed by atoms with Crippen LogP contribution in [0.4, 0.5) is 11.6 Å². The number of nitrogens with one attached hydrogen (secondary N) is 3. The Balaban J connectivity index is 1.49. The van der Waals surface area contributed by atoms with Crippen LogP contribution >= 0.6 is 23.2 Å². The molecule has 5 rings (SSSR count). The fourth-order valence-corrected chi connectivity index (χ4v) is 4.73. The van der Waals surface area contributed by atoms with Crippen molar-refractivity contribution in [2.45, 2.75) is 13.0 Å². The van der Waals surface area contributed by atoms with Crippen molar-refractivity contribution in [3.05, 3.63) is 79.7 Å². The highest BCUT2D eigenvalue weighted by Crippen LogP contribution is 2.27. The summed E-state index contributed by atoms with van der Waals surface area (Å²) in [7, 11) is 0. The molecule has 0 radical (unpaired) electrons. The fourth-order valence-electron chi connectivity index (χ4n) is 4.16. The average molecular weight is 498 g/mol. The highest BCUT2D eigenvalue weighted by molar-refractivity contribution is 6.37. The largest absolute Gasteiger partial charge is 0.395 e. The van der Waals surface area contributed by atoms with Crippen molar-refractivity contribution in [1.29, 1.82) is 5.41 Å². The lowest BCUT2D eigenvalue weighted by Gasteiger charge is -2.28. The molecule has 0 atom stereocenters. The maximum atomic E-state index is 12.8. The van der Waals surface area contributed by atoms with Crippen LogP contribution in [-0.2, 0) is 13.0 Å². The van der Waals surface area contributed by atoms with Gasteiger partial charge in [-0.1, -0.05) is 35.3 Å². The van der Waals surface area contributed by atoms with Crippen LogP contribution in [0.3, 0.4) is 0 Å². The summed E-state index contributed by atoms with van der Waals surface area (Å²) in [6.07, 6.45) is 2.41. The Labute approximate surface area is 204 Å². The van der Waals surface area contributed by atoms with Crippen LogP contribution in [0.1, 0.15) is 11.1 Å². The van der Waals surface area contributed by atoms with Crippen LogP contribution in [0.25, 0.3) is 16.7 Å². The first-order chi connectivity index (χ1) is 16.4. The van der Waals surface area contributed by atoms with Gasteiger partial charge in [0.25, 0.3) is 0 Å². The number of hydrogen-bond donors (Lipinski definition) is 4. The third-order valence-corrected chi connectivity index (χ3v) is 6.44. The molecule has 0 fully saturated rings. The van der Waals surface area contributed by atoms with E-state index in [-0.39, 0.29) is 33.5 Å². The molecule has 0 unspecified atom stereocenters. The van der Waals surface area contributed by atoms with E-state index in [9.17, 15) is 9.90 Å². The van der Waals surface area contributed by atoms with Crippen LogP contribution in [0.5, 0.6) is 0 Å². The van der Waals surface area contributed by atoms with Gasteiger partial charge in [0.1, 0.15) is 5.49 Å². The molecule has 9 nitrogen and oxygen atoms in total. The lowest BCUT2D eigenvalue weighted by molar-refractivity contribution is 0.184. The monoisotopic (exact) mass is 497 g/mol. The van der Waals surface area contributed by atoms with Gasteiger partial charge in [-0.25, -0.2) is 14.3 Å². The number of nitrogens with zero attached hydrogens (tertiary/aromatic N) is 4.